The van der Waals surface area contributed by atoms with E-state index >= 15 is 0 Å². The van der Waals surface area contributed by atoms with Crippen LogP contribution in [0.2, 0.25) is 0 Å². The fourth-order valence-corrected chi connectivity index (χ4v) is 1.87. The summed E-state index contributed by atoms with van der Waals surface area (Å²) in [5, 5.41) is 1.58. The molecule has 0 aromatic heterocycles. The number of amides is 1. The van der Waals surface area contributed by atoms with E-state index in [2.05, 4.69) is 32.9 Å². The third-order valence-corrected chi connectivity index (χ3v) is 2.80. The van der Waals surface area contributed by atoms with Gasteiger partial charge < -0.3 is 10.5 Å². The Labute approximate surface area is 151 Å². The number of carbonyl (C=O) groups excluding carboxylic acids is 1. The van der Waals surface area contributed by atoms with Crippen molar-refractivity contribution in [3.05, 3.63) is 22.4 Å². The molecule has 3 N–H and O–H groups in total. The molecule has 6 nitrogen and oxygen atoms in total. The van der Waals surface area contributed by atoms with Crippen LogP contribution in [0, 0.1) is 5.41 Å². The number of nitrogens with zero attached hydrogens (tertiary/aromatic N) is 2. The predicted octanol–water partition coefficient (Wildman–Crippen LogP) is 4.08. The molecule has 0 fully saturated rings. The van der Waals surface area contributed by atoms with Crippen molar-refractivity contribution in [2.24, 2.45) is 16.1 Å². The van der Waals surface area contributed by atoms with E-state index in [0.29, 0.717) is 16.9 Å². The van der Waals surface area contributed by atoms with Crippen LogP contribution in [-0.2, 0) is 4.74 Å². The van der Waals surface area contributed by atoms with Gasteiger partial charge in [-0.05, 0) is 42.1 Å². The Balaban J connectivity index is 5.58. The highest BCUT2D eigenvalue weighted by molar-refractivity contribution is 9.12. The molecule has 1 amide bonds. The van der Waals surface area contributed by atoms with Crippen molar-refractivity contribution < 1.29 is 9.53 Å². The van der Waals surface area contributed by atoms with Crippen molar-refractivity contribution in [2.75, 3.05) is 6.54 Å². The van der Waals surface area contributed by atoms with Gasteiger partial charge in [0.2, 0.25) is 0 Å². The van der Waals surface area contributed by atoms with E-state index in [-0.39, 0.29) is 10.6 Å². The number of nitrogens with two attached hydrogens (primary N) is 1. The molecule has 8 heteroatoms. The molecule has 0 radical (unpaired) electrons. The standard InChI is InChI=1S/C15H26BrClN4O2/c1-10(17)19-12(11(16)8-18)21(9-14(2,3)4)20-13(22)23-15(5,6)7/h8H,1,9,18H2,2-7H3,(H,20,22)/b11-8+,19-12+. The first-order chi connectivity index (χ1) is 10.2. The van der Waals surface area contributed by atoms with Gasteiger partial charge in [-0.25, -0.2) is 15.2 Å². The first kappa shape index (κ1) is 21.8. The third-order valence-electron chi connectivity index (χ3n) is 2.10. The Morgan fingerprint density at radius 3 is 2.26 bits per heavy atom. The molecule has 0 saturated heterocycles. The molecule has 0 aromatic carbocycles. The Kier molecular flexibility index (Phi) is 8.14. The second kappa shape index (κ2) is 8.59. The van der Waals surface area contributed by atoms with Crippen LogP contribution in [0.25, 0.3) is 0 Å². The van der Waals surface area contributed by atoms with Gasteiger partial charge in [0.25, 0.3) is 0 Å². The summed E-state index contributed by atoms with van der Waals surface area (Å²) >= 11 is 9.09. The first-order valence-electron chi connectivity index (χ1n) is 7.03. The maximum Gasteiger partial charge on any atom is 0.426 e. The summed E-state index contributed by atoms with van der Waals surface area (Å²) in [6.45, 7) is 15.4. The Morgan fingerprint density at radius 2 is 1.91 bits per heavy atom. The molecule has 0 aliphatic rings. The molecule has 0 aliphatic heterocycles. The molecule has 0 unspecified atom stereocenters. The maximum absolute atomic E-state index is 12.1. The van der Waals surface area contributed by atoms with Crippen LogP contribution in [0.3, 0.4) is 0 Å². The topological polar surface area (TPSA) is 80.0 Å². The van der Waals surface area contributed by atoms with E-state index in [0.717, 1.165) is 0 Å². The van der Waals surface area contributed by atoms with Gasteiger partial charge in [0, 0.05) is 12.7 Å². The van der Waals surface area contributed by atoms with Gasteiger partial charge >= 0.3 is 6.09 Å². The fourth-order valence-electron chi connectivity index (χ4n) is 1.48. The predicted molar refractivity (Wildman–Crippen MR) is 99.2 cm³/mol. The monoisotopic (exact) mass is 408 g/mol. The number of ether oxygens (including phenoxy) is 1. The lowest BCUT2D eigenvalue weighted by atomic mass is 9.96. The van der Waals surface area contributed by atoms with Crippen molar-refractivity contribution in [3.63, 3.8) is 0 Å². The Bertz CT molecular complexity index is 505. The highest BCUT2D eigenvalue weighted by Gasteiger charge is 2.25. The highest BCUT2D eigenvalue weighted by atomic mass is 79.9. The Hall–Kier alpha value is -1.21. The second-order valence-corrected chi connectivity index (χ2v) is 8.38. The van der Waals surface area contributed by atoms with E-state index in [1.54, 1.807) is 20.8 Å². The number of halogens is 2. The average molecular weight is 410 g/mol. The van der Waals surface area contributed by atoms with Gasteiger partial charge in [0.15, 0.2) is 5.84 Å². The third kappa shape index (κ3) is 10.2. The lowest BCUT2D eigenvalue weighted by Gasteiger charge is -2.33. The number of hydrogen-bond acceptors (Lipinski definition) is 4. The number of rotatable bonds is 3. The molecular weight excluding hydrogens is 384 g/mol. The quantitative estimate of drug-likeness (QED) is 0.318. The first-order valence-corrected chi connectivity index (χ1v) is 8.20. The lowest BCUT2D eigenvalue weighted by Crippen LogP contribution is -2.51. The molecule has 0 saturated carbocycles. The number of amidine groups is 1. The lowest BCUT2D eigenvalue weighted by molar-refractivity contribution is 0.0391. The largest absolute Gasteiger partial charge is 0.443 e. The van der Waals surface area contributed by atoms with Crippen molar-refractivity contribution >= 4 is 39.5 Å². The molecule has 23 heavy (non-hydrogen) atoms. The van der Waals surface area contributed by atoms with Gasteiger partial charge in [0.05, 0.1) is 4.48 Å². The number of aliphatic imine (C=N–C) groups is 1. The zero-order valence-electron chi connectivity index (χ0n) is 14.5. The zero-order chi connectivity index (χ0) is 18.4. The minimum atomic E-state index is -0.619. The van der Waals surface area contributed by atoms with Crippen LogP contribution in [0.5, 0.6) is 0 Å². The van der Waals surface area contributed by atoms with Gasteiger partial charge in [-0.3, -0.25) is 5.01 Å². The molecule has 0 rings (SSSR count). The van der Waals surface area contributed by atoms with Gasteiger partial charge in [0.1, 0.15) is 10.8 Å². The van der Waals surface area contributed by atoms with Crippen molar-refractivity contribution in [3.8, 4) is 0 Å². The summed E-state index contributed by atoms with van der Waals surface area (Å²) in [4.78, 5) is 16.2. The molecule has 0 atom stereocenters. The molecule has 0 spiro atoms. The summed E-state index contributed by atoms with van der Waals surface area (Å²) < 4.78 is 5.74. The number of hydrogen-bond donors (Lipinski definition) is 2. The summed E-state index contributed by atoms with van der Waals surface area (Å²) in [7, 11) is 0. The number of carbonyl (C=O) groups is 1. The van der Waals surface area contributed by atoms with Gasteiger partial charge in [-0.15, -0.1) is 0 Å². The SMILES string of the molecule is C=C(Cl)/N=C(\C(Br)=C/N)N(CC(C)(C)C)NC(=O)OC(C)(C)C. The molecule has 132 valence electrons. The number of nitrogens with one attached hydrogen (secondary N) is 1. The van der Waals surface area contributed by atoms with Crippen LogP contribution in [0.15, 0.2) is 27.4 Å². The minimum Gasteiger partial charge on any atom is -0.443 e. The smallest absolute Gasteiger partial charge is 0.426 e. The molecule has 0 heterocycles. The summed E-state index contributed by atoms with van der Waals surface area (Å²) in [6, 6.07) is 0. The van der Waals surface area contributed by atoms with Crippen molar-refractivity contribution in [1.29, 1.82) is 0 Å². The molecular formula is C15H26BrClN4O2. The summed E-state index contributed by atoms with van der Waals surface area (Å²) in [5.41, 5.74) is 7.45. The summed E-state index contributed by atoms with van der Waals surface area (Å²) in [6.07, 6.45) is 0.706. The zero-order valence-corrected chi connectivity index (χ0v) is 16.9. The molecule has 0 aromatic rings. The summed E-state index contributed by atoms with van der Waals surface area (Å²) in [5.74, 6) is 0.327. The van der Waals surface area contributed by atoms with Crippen molar-refractivity contribution in [2.45, 2.75) is 47.1 Å². The van der Waals surface area contributed by atoms with Crippen LogP contribution in [0.1, 0.15) is 41.5 Å². The molecule has 0 aliphatic carbocycles. The fraction of sp³-hybridized carbons (Fsp3) is 0.600. The average Bonchev–Trinajstić information content (AvgIpc) is 2.29. The molecule has 0 bridgehead atoms. The minimum absolute atomic E-state index is 0.0590. The van der Waals surface area contributed by atoms with Crippen LogP contribution in [-0.4, -0.2) is 29.1 Å². The van der Waals surface area contributed by atoms with Gasteiger partial charge in [-0.1, -0.05) is 39.0 Å². The van der Waals surface area contributed by atoms with E-state index in [1.807, 2.05) is 20.8 Å². The van der Waals surface area contributed by atoms with Crippen LogP contribution < -0.4 is 11.2 Å². The maximum atomic E-state index is 12.1. The van der Waals surface area contributed by atoms with Crippen LogP contribution in [0.4, 0.5) is 4.79 Å². The Morgan fingerprint density at radius 1 is 1.39 bits per heavy atom. The van der Waals surface area contributed by atoms with E-state index in [1.165, 1.54) is 11.2 Å². The van der Waals surface area contributed by atoms with Gasteiger partial charge in [-0.2, -0.15) is 0 Å². The van der Waals surface area contributed by atoms with Crippen LogP contribution >= 0.6 is 27.5 Å². The van der Waals surface area contributed by atoms with Crippen molar-refractivity contribution in [1.82, 2.24) is 10.4 Å². The van der Waals surface area contributed by atoms with E-state index < -0.39 is 11.7 Å². The van der Waals surface area contributed by atoms with E-state index in [9.17, 15) is 4.79 Å². The normalized spacial score (nSPS) is 13.6. The highest BCUT2D eigenvalue weighted by Crippen LogP contribution is 2.20. The number of hydrazine groups is 1. The second-order valence-electron chi connectivity index (χ2n) is 7.09. The van der Waals surface area contributed by atoms with E-state index in [4.69, 9.17) is 22.1 Å².